The maximum absolute atomic E-state index is 13.5. The molecule has 2 aromatic carbocycles. The molecule has 12 heteroatoms. The van der Waals surface area contributed by atoms with Crippen molar-refractivity contribution in [2.75, 3.05) is 19.8 Å². The summed E-state index contributed by atoms with van der Waals surface area (Å²) in [5.74, 6) is -0.690. The lowest BCUT2D eigenvalue weighted by Gasteiger charge is -2.33. The van der Waals surface area contributed by atoms with Crippen molar-refractivity contribution < 1.29 is 28.7 Å². The lowest BCUT2D eigenvalue weighted by atomic mass is 9.74. The zero-order valence-corrected chi connectivity index (χ0v) is 21.3. The summed E-state index contributed by atoms with van der Waals surface area (Å²) in [6.07, 6.45) is 0.520. The van der Waals surface area contributed by atoms with E-state index in [0.29, 0.717) is 44.0 Å². The van der Waals surface area contributed by atoms with Crippen LogP contribution in [0, 0.1) is 0 Å². The molecule has 0 radical (unpaired) electrons. The second-order valence-corrected chi connectivity index (χ2v) is 9.93. The third-order valence-corrected chi connectivity index (χ3v) is 7.55. The summed E-state index contributed by atoms with van der Waals surface area (Å²) < 4.78 is 11.5. The quantitative estimate of drug-likeness (QED) is 0.337. The lowest BCUT2D eigenvalue weighted by molar-refractivity contribution is -0.143. The highest BCUT2D eigenvalue weighted by Crippen LogP contribution is 2.39. The number of benzene rings is 2. The number of rotatable bonds is 6. The molecule has 5 rings (SSSR count). The predicted molar refractivity (Wildman–Crippen MR) is 143 cm³/mol. The average Bonchev–Trinajstić information content (AvgIpc) is 3.13. The molecule has 37 heavy (non-hydrogen) atoms. The van der Waals surface area contributed by atoms with Crippen LogP contribution in [0.2, 0.25) is 0 Å². The number of morpholine rings is 1. The van der Waals surface area contributed by atoms with Gasteiger partial charge in [0.1, 0.15) is 48.5 Å². The summed E-state index contributed by atoms with van der Waals surface area (Å²) in [4.78, 5) is 53.1. The average molecular weight is 499 g/mol. The number of ether oxygens (including phenoxy) is 2. The Morgan fingerprint density at radius 1 is 1.08 bits per heavy atom. The number of imide groups is 1. The van der Waals surface area contributed by atoms with Crippen LogP contribution in [0.1, 0.15) is 45.8 Å². The van der Waals surface area contributed by atoms with E-state index in [9.17, 15) is 19.2 Å². The van der Waals surface area contributed by atoms with Crippen molar-refractivity contribution in [1.82, 2.24) is 15.1 Å². The molecule has 2 fully saturated rings. The normalized spacial score (nSPS) is 21.7. The highest BCUT2D eigenvalue weighted by atomic mass is 16.5. The Morgan fingerprint density at radius 3 is 2.51 bits per heavy atom. The first kappa shape index (κ1) is 25.1. The van der Waals surface area contributed by atoms with Crippen molar-refractivity contribution in [1.29, 1.82) is 0 Å². The number of piperidine rings is 1. The van der Waals surface area contributed by atoms with Crippen LogP contribution in [0.3, 0.4) is 0 Å². The molecule has 1 N–H and O–H groups in total. The van der Waals surface area contributed by atoms with E-state index >= 15 is 0 Å². The van der Waals surface area contributed by atoms with Gasteiger partial charge in [0.15, 0.2) is 0 Å². The van der Waals surface area contributed by atoms with Gasteiger partial charge in [0.25, 0.3) is 5.91 Å². The van der Waals surface area contributed by atoms with E-state index in [1.54, 1.807) is 9.80 Å². The number of hydrogen-bond acceptors (Lipinski definition) is 6. The van der Waals surface area contributed by atoms with Crippen LogP contribution in [0.5, 0.6) is 5.75 Å². The van der Waals surface area contributed by atoms with Crippen molar-refractivity contribution in [3.8, 4) is 5.75 Å². The highest BCUT2D eigenvalue weighted by Gasteiger charge is 2.45. The van der Waals surface area contributed by atoms with Crippen molar-refractivity contribution in [2.24, 2.45) is 0 Å². The van der Waals surface area contributed by atoms with Crippen LogP contribution < -0.4 is 21.0 Å². The lowest BCUT2D eigenvalue weighted by Crippen LogP contribution is -2.53. The fraction of sp³-hybridized carbons (Fsp3) is 0.360. The topological polar surface area (TPSA) is 105 Å². The zero-order valence-electron chi connectivity index (χ0n) is 21.3. The summed E-state index contributed by atoms with van der Waals surface area (Å²) in [6.45, 7) is 2.14. The molecule has 9 nitrogen and oxygen atoms in total. The van der Waals surface area contributed by atoms with E-state index < -0.39 is 11.9 Å². The molecule has 188 valence electrons. The molecule has 0 aliphatic carbocycles. The Labute approximate surface area is 218 Å². The van der Waals surface area contributed by atoms with Gasteiger partial charge in [0.05, 0.1) is 6.61 Å². The monoisotopic (exact) mass is 499 g/mol. The van der Waals surface area contributed by atoms with Gasteiger partial charge in [-0.3, -0.25) is 24.5 Å². The molecule has 2 saturated heterocycles. The van der Waals surface area contributed by atoms with Gasteiger partial charge in [-0.2, -0.15) is 0 Å². The Bertz CT molecular complexity index is 1290. The standard InChI is InChI=1S/C25H28B3N3O6/c26-15-9-17(37-11-14-3-1-13(2-4-14)10-30-7-8-36-12-19(30)33)20-21(22(15)27)25(35)31(23(20)28)16-5-6-18(32)29-24(16)34/h1-4,9,16,23H,5-8,10-12,26-28H2,(H,29,32,34). The van der Waals surface area contributed by atoms with Crippen LogP contribution in [-0.2, 0) is 32.3 Å². The Balaban J connectivity index is 1.33. The SMILES string of the molecule is Bc1cc(OCc2ccc(CN3CCOCC3=O)cc2)c2c(c1B)C(=O)N(C1CCC(=O)NC1=O)C2B. The molecule has 2 aromatic rings. The number of fused-ring (bicyclic) bond motifs is 1. The van der Waals surface area contributed by atoms with E-state index in [2.05, 4.69) is 5.32 Å². The molecule has 2 atom stereocenters. The molecule has 0 saturated carbocycles. The fourth-order valence-corrected chi connectivity index (χ4v) is 5.36. The minimum Gasteiger partial charge on any atom is -0.489 e. The molecule has 0 spiro atoms. The van der Waals surface area contributed by atoms with Crippen molar-refractivity contribution >= 4 is 58.1 Å². The van der Waals surface area contributed by atoms with E-state index in [4.69, 9.17) is 9.47 Å². The fourth-order valence-electron chi connectivity index (χ4n) is 5.36. The summed E-state index contributed by atoms with van der Waals surface area (Å²) in [7, 11) is 5.75. The third kappa shape index (κ3) is 4.77. The summed E-state index contributed by atoms with van der Waals surface area (Å²) >= 11 is 0. The number of nitrogens with one attached hydrogen (secondary N) is 1. The van der Waals surface area contributed by atoms with Gasteiger partial charge >= 0.3 is 0 Å². The van der Waals surface area contributed by atoms with E-state index in [-0.39, 0.29) is 36.7 Å². The molecular formula is C25H28B3N3O6. The smallest absolute Gasteiger partial charge is 0.254 e. The maximum atomic E-state index is 13.5. The van der Waals surface area contributed by atoms with Crippen LogP contribution in [0.4, 0.5) is 0 Å². The second-order valence-electron chi connectivity index (χ2n) is 9.93. The Kier molecular flexibility index (Phi) is 6.85. The Morgan fingerprint density at radius 2 is 1.81 bits per heavy atom. The highest BCUT2D eigenvalue weighted by molar-refractivity contribution is 6.51. The molecule has 4 amide bonds. The number of carbonyl (C=O) groups excluding carboxylic acids is 4. The van der Waals surface area contributed by atoms with Crippen molar-refractivity contribution in [2.45, 2.75) is 38.0 Å². The first-order valence-corrected chi connectivity index (χ1v) is 12.6. The van der Waals surface area contributed by atoms with Crippen LogP contribution >= 0.6 is 0 Å². The second kappa shape index (κ2) is 10.1. The predicted octanol–water partition coefficient (Wildman–Crippen LogP) is -2.97. The van der Waals surface area contributed by atoms with Gasteiger partial charge in [-0.25, -0.2) is 0 Å². The van der Waals surface area contributed by atoms with Crippen LogP contribution in [-0.4, -0.2) is 82.8 Å². The molecule has 0 aromatic heterocycles. The van der Waals surface area contributed by atoms with E-state index in [1.807, 2.05) is 53.9 Å². The number of hydrogen-bond donors (Lipinski definition) is 1. The number of nitrogens with zero attached hydrogens (tertiary/aromatic N) is 2. The first-order chi connectivity index (χ1) is 17.7. The summed E-state index contributed by atoms with van der Waals surface area (Å²) in [5, 5.41) is 2.36. The molecule has 3 aliphatic heterocycles. The molecule has 2 unspecified atom stereocenters. The number of amides is 4. The van der Waals surface area contributed by atoms with Crippen LogP contribution in [0.15, 0.2) is 30.3 Å². The molecule has 3 aliphatic rings. The largest absolute Gasteiger partial charge is 0.489 e. The zero-order chi connectivity index (χ0) is 26.3. The maximum Gasteiger partial charge on any atom is 0.254 e. The minimum absolute atomic E-state index is 0.00252. The van der Waals surface area contributed by atoms with Gasteiger partial charge < -0.3 is 19.3 Å². The van der Waals surface area contributed by atoms with E-state index in [1.165, 1.54) is 0 Å². The minimum atomic E-state index is -0.689. The van der Waals surface area contributed by atoms with Gasteiger partial charge in [-0.05, 0) is 23.6 Å². The molecule has 0 bridgehead atoms. The molecular weight excluding hydrogens is 471 g/mol. The third-order valence-electron chi connectivity index (χ3n) is 7.55. The van der Waals surface area contributed by atoms with Crippen molar-refractivity contribution in [3.05, 3.63) is 52.6 Å². The van der Waals surface area contributed by atoms with Gasteiger partial charge in [-0.1, -0.05) is 35.2 Å². The number of carbonyl (C=O) groups is 4. The van der Waals surface area contributed by atoms with Crippen molar-refractivity contribution in [3.63, 3.8) is 0 Å². The first-order valence-electron chi connectivity index (χ1n) is 12.6. The summed E-state index contributed by atoms with van der Waals surface area (Å²) in [6, 6.07) is 9.19. The van der Waals surface area contributed by atoms with Gasteiger partial charge in [0, 0.05) is 36.6 Å². The van der Waals surface area contributed by atoms with Gasteiger partial charge in [-0.15, -0.1) is 0 Å². The Hall–Kier alpha value is -3.53. The molecule has 3 heterocycles. The van der Waals surface area contributed by atoms with E-state index in [0.717, 1.165) is 27.6 Å². The van der Waals surface area contributed by atoms with Crippen LogP contribution in [0.25, 0.3) is 0 Å². The van der Waals surface area contributed by atoms with Gasteiger partial charge in [0.2, 0.25) is 17.7 Å². The summed E-state index contributed by atoms with van der Waals surface area (Å²) in [5.41, 5.74) is 5.16.